The van der Waals surface area contributed by atoms with Gasteiger partial charge in [-0.3, -0.25) is 0 Å². The van der Waals surface area contributed by atoms with Crippen molar-refractivity contribution in [3.05, 3.63) is 52.3 Å². The summed E-state index contributed by atoms with van der Waals surface area (Å²) in [6.07, 6.45) is 5.43. The highest BCUT2D eigenvalue weighted by Crippen LogP contribution is 2.31. The number of hydrogen-bond acceptors (Lipinski definition) is 4. The molecular formula is C18H22ClN3O. The zero-order chi connectivity index (χ0) is 16.2. The average Bonchev–Trinajstić information content (AvgIpc) is 2.57. The van der Waals surface area contributed by atoms with Gasteiger partial charge >= 0.3 is 0 Å². The summed E-state index contributed by atoms with van der Waals surface area (Å²) in [5, 5.41) is 11.6. The first kappa shape index (κ1) is 16.2. The van der Waals surface area contributed by atoms with E-state index in [1.165, 1.54) is 17.5 Å². The summed E-state index contributed by atoms with van der Waals surface area (Å²) in [5.41, 5.74) is 4.39. The van der Waals surface area contributed by atoms with Crippen molar-refractivity contribution in [3.63, 3.8) is 0 Å². The minimum absolute atomic E-state index is 0.191. The third-order valence-corrected chi connectivity index (χ3v) is 4.72. The van der Waals surface area contributed by atoms with Gasteiger partial charge in [0.05, 0.1) is 24.1 Å². The van der Waals surface area contributed by atoms with Gasteiger partial charge in [-0.25, -0.2) is 0 Å². The van der Waals surface area contributed by atoms with Gasteiger partial charge in [-0.1, -0.05) is 41.4 Å². The molecule has 0 radical (unpaired) electrons. The molecule has 1 aromatic carbocycles. The number of nitrogens with zero attached hydrogens (tertiary/aromatic N) is 2. The van der Waals surface area contributed by atoms with Gasteiger partial charge in [0.2, 0.25) is 0 Å². The monoisotopic (exact) mass is 331 g/mol. The molecule has 0 saturated carbocycles. The first-order valence-corrected chi connectivity index (χ1v) is 8.45. The van der Waals surface area contributed by atoms with Crippen LogP contribution >= 0.6 is 11.6 Å². The molecule has 1 aliphatic rings. The van der Waals surface area contributed by atoms with Crippen LogP contribution in [0.1, 0.15) is 42.1 Å². The fourth-order valence-electron chi connectivity index (χ4n) is 2.90. The topological polar surface area (TPSA) is 47.0 Å². The summed E-state index contributed by atoms with van der Waals surface area (Å²) < 4.78 is 6.27. The molecule has 122 valence electrons. The van der Waals surface area contributed by atoms with Crippen LogP contribution in [0, 0.1) is 13.8 Å². The van der Waals surface area contributed by atoms with E-state index in [0.29, 0.717) is 5.15 Å². The highest BCUT2D eigenvalue weighted by molar-refractivity contribution is 6.30. The molecule has 3 rings (SSSR count). The number of aryl methyl sites for hydroxylation is 1. The molecule has 1 aromatic heterocycles. The number of benzene rings is 1. The number of nitrogens with one attached hydrogen (secondary N) is 1. The van der Waals surface area contributed by atoms with Crippen molar-refractivity contribution >= 4 is 17.3 Å². The molecule has 0 amide bonds. The number of rotatable bonds is 4. The Hall–Kier alpha value is -1.65. The first-order chi connectivity index (χ1) is 11.1. The van der Waals surface area contributed by atoms with Gasteiger partial charge in [0, 0.05) is 12.1 Å². The third-order valence-electron chi connectivity index (χ3n) is 4.36. The van der Waals surface area contributed by atoms with Crippen LogP contribution in [0.4, 0.5) is 5.69 Å². The zero-order valence-corrected chi connectivity index (χ0v) is 14.3. The summed E-state index contributed by atoms with van der Waals surface area (Å²) in [5.74, 6) is 0. The van der Waals surface area contributed by atoms with Crippen molar-refractivity contribution in [2.75, 3.05) is 11.9 Å². The molecular weight excluding hydrogens is 310 g/mol. The van der Waals surface area contributed by atoms with E-state index in [0.717, 1.165) is 30.6 Å². The van der Waals surface area contributed by atoms with E-state index < -0.39 is 0 Å². The van der Waals surface area contributed by atoms with Crippen LogP contribution in [0.25, 0.3) is 0 Å². The summed E-state index contributed by atoms with van der Waals surface area (Å²) in [6.45, 7) is 4.80. The van der Waals surface area contributed by atoms with Crippen molar-refractivity contribution in [3.8, 4) is 0 Å². The molecule has 5 heteroatoms. The van der Waals surface area contributed by atoms with E-state index in [2.05, 4.69) is 46.7 Å². The van der Waals surface area contributed by atoms with E-state index in [1.807, 2.05) is 6.92 Å². The number of ether oxygens (including phenoxy) is 1. The molecule has 0 spiro atoms. The maximum Gasteiger partial charge on any atom is 0.156 e. The highest BCUT2D eigenvalue weighted by Gasteiger charge is 2.23. The second kappa shape index (κ2) is 7.28. The summed E-state index contributed by atoms with van der Waals surface area (Å²) in [4.78, 5) is 0. The lowest BCUT2D eigenvalue weighted by Gasteiger charge is -2.31. The van der Waals surface area contributed by atoms with E-state index >= 15 is 0 Å². The molecule has 1 aliphatic heterocycles. The summed E-state index contributed by atoms with van der Waals surface area (Å²) in [7, 11) is 0. The van der Waals surface area contributed by atoms with Gasteiger partial charge in [0.15, 0.2) is 5.15 Å². The fourth-order valence-corrected chi connectivity index (χ4v) is 3.04. The van der Waals surface area contributed by atoms with Gasteiger partial charge in [-0.2, -0.15) is 5.10 Å². The average molecular weight is 332 g/mol. The Bertz CT molecular complexity index is 660. The SMILES string of the molecule is Cc1ccc([C@@H]2CCC[C@H](CNc3cnnc(Cl)c3C)O2)cc1. The Labute approximate surface area is 142 Å². The minimum Gasteiger partial charge on any atom is -0.381 e. The van der Waals surface area contributed by atoms with Gasteiger partial charge in [-0.15, -0.1) is 5.10 Å². The maximum absolute atomic E-state index is 6.27. The van der Waals surface area contributed by atoms with E-state index in [9.17, 15) is 0 Å². The second-order valence-corrected chi connectivity index (χ2v) is 6.50. The standard InChI is InChI=1S/C18H22ClN3O/c1-12-6-8-14(9-7-12)17-5-3-4-15(23-17)10-20-16-11-21-22-18(19)13(16)2/h6-9,11,15,17H,3-5,10H2,1-2H3,(H,20,22)/t15-,17+/m1/s1. The number of hydrogen-bond donors (Lipinski definition) is 1. The van der Waals surface area contributed by atoms with Crippen LogP contribution < -0.4 is 5.32 Å². The van der Waals surface area contributed by atoms with Gasteiger partial charge in [-0.05, 0) is 38.7 Å². The maximum atomic E-state index is 6.27. The van der Waals surface area contributed by atoms with Gasteiger partial charge in [0.25, 0.3) is 0 Å². The van der Waals surface area contributed by atoms with Crippen LogP contribution in [-0.4, -0.2) is 22.8 Å². The van der Waals surface area contributed by atoms with Crippen molar-refractivity contribution in [1.29, 1.82) is 0 Å². The summed E-state index contributed by atoms with van der Waals surface area (Å²) >= 11 is 6.01. The normalized spacial score (nSPS) is 21.2. The molecule has 0 bridgehead atoms. The number of anilines is 1. The van der Waals surface area contributed by atoms with Gasteiger partial charge in [0.1, 0.15) is 0 Å². The molecule has 2 aromatic rings. The molecule has 2 heterocycles. The zero-order valence-electron chi connectivity index (χ0n) is 13.6. The Morgan fingerprint density at radius 2 is 2.00 bits per heavy atom. The first-order valence-electron chi connectivity index (χ1n) is 8.07. The molecule has 0 aliphatic carbocycles. The van der Waals surface area contributed by atoms with Crippen molar-refractivity contribution in [2.45, 2.75) is 45.3 Å². The molecule has 23 heavy (non-hydrogen) atoms. The lowest BCUT2D eigenvalue weighted by atomic mass is 9.97. The third kappa shape index (κ3) is 4.01. The predicted molar refractivity (Wildman–Crippen MR) is 92.9 cm³/mol. The molecule has 2 atom stereocenters. The van der Waals surface area contributed by atoms with Gasteiger partial charge < -0.3 is 10.1 Å². The smallest absolute Gasteiger partial charge is 0.156 e. The second-order valence-electron chi connectivity index (χ2n) is 6.14. The van der Waals surface area contributed by atoms with E-state index in [-0.39, 0.29) is 12.2 Å². The van der Waals surface area contributed by atoms with Crippen LogP contribution in [0.5, 0.6) is 0 Å². The fraction of sp³-hybridized carbons (Fsp3) is 0.444. The highest BCUT2D eigenvalue weighted by atomic mass is 35.5. The molecule has 1 fully saturated rings. The van der Waals surface area contributed by atoms with Crippen LogP contribution in [0.2, 0.25) is 5.15 Å². The largest absolute Gasteiger partial charge is 0.381 e. The van der Waals surface area contributed by atoms with Crippen molar-refractivity contribution in [1.82, 2.24) is 10.2 Å². The van der Waals surface area contributed by atoms with E-state index in [4.69, 9.17) is 16.3 Å². The van der Waals surface area contributed by atoms with Crippen molar-refractivity contribution in [2.24, 2.45) is 0 Å². The van der Waals surface area contributed by atoms with Crippen LogP contribution in [0.15, 0.2) is 30.5 Å². The Morgan fingerprint density at radius 3 is 2.78 bits per heavy atom. The Kier molecular flexibility index (Phi) is 5.13. The molecule has 1 N–H and O–H groups in total. The van der Waals surface area contributed by atoms with Crippen molar-refractivity contribution < 1.29 is 4.74 Å². The lowest BCUT2D eigenvalue weighted by Crippen LogP contribution is -2.29. The predicted octanol–water partition coefficient (Wildman–Crippen LogP) is 4.47. The van der Waals surface area contributed by atoms with E-state index in [1.54, 1.807) is 6.20 Å². The molecule has 0 unspecified atom stereocenters. The summed E-state index contributed by atoms with van der Waals surface area (Å²) in [6, 6.07) is 8.64. The molecule has 1 saturated heterocycles. The number of halogens is 1. The lowest BCUT2D eigenvalue weighted by molar-refractivity contribution is -0.0442. The Balaban J connectivity index is 1.60. The number of aromatic nitrogens is 2. The molecule has 4 nitrogen and oxygen atoms in total. The Morgan fingerprint density at radius 1 is 1.22 bits per heavy atom. The van der Waals surface area contributed by atoms with Crippen LogP contribution in [0.3, 0.4) is 0 Å². The minimum atomic E-state index is 0.191. The van der Waals surface area contributed by atoms with Crippen LogP contribution in [-0.2, 0) is 4.74 Å². The quantitative estimate of drug-likeness (QED) is 0.898.